The number of aromatic nitrogens is 3. The topological polar surface area (TPSA) is 59.0 Å². The van der Waals surface area contributed by atoms with Crippen LogP contribution in [0.4, 0.5) is 0 Å². The molecule has 1 fully saturated rings. The Hall–Kier alpha value is -1.82. The van der Waals surface area contributed by atoms with Crippen molar-refractivity contribution >= 4 is 17.2 Å². The average molecular weight is 344 g/mol. The van der Waals surface area contributed by atoms with Gasteiger partial charge in [0.2, 0.25) is 0 Å². The van der Waals surface area contributed by atoms with Crippen molar-refractivity contribution in [3.63, 3.8) is 0 Å². The number of likely N-dealkylation sites (tertiary alicyclic amines) is 1. The molecule has 24 heavy (non-hydrogen) atoms. The van der Waals surface area contributed by atoms with Gasteiger partial charge in [0.15, 0.2) is 0 Å². The number of aryl methyl sites for hydroxylation is 1. The lowest BCUT2D eigenvalue weighted by molar-refractivity contribution is 0.0609. The van der Waals surface area contributed by atoms with E-state index in [1.807, 2.05) is 11.8 Å². The highest BCUT2D eigenvalue weighted by atomic mass is 32.1. The van der Waals surface area contributed by atoms with Gasteiger partial charge in [-0.25, -0.2) is 15.0 Å². The Bertz CT molecular complexity index is 735. The van der Waals surface area contributed by atoms with Gasteiger partial charge in [-0.05, 0) is 26.2 Å². The highest BCUT2D eigenvalue weighted by Gasteiger charge is 2.32. The standard InChI is InChI=1S/C18H24N4OS/c1-12-13(9-19-11-20-12)17(23)22-8-6-5-7-14(22)16-21-15(10-24-16)18(2,3)4/h9-11,14H,5-8H2,1-4H3/t14-/m0/s1. The third kappa shape index (κ3) is 3.34. The zero-order chi connectivity index (χ0) is 17.3. The van der Waals surface area contributed by atoms with Crippen molar-refractivity contribution in [2.45, 2.75) is 58.4 Å². The van der Waals surface area contributed by atoms with Crippen LogP contribution in [0, 0.1) is 6.92 Å². The molecule has 3 rings (SSSR count). The molecule has 0 saturated carbocycles. The number of carbonyl (C=O) groups is 1. The van der Waals surface area contributed by atoms with Gasteiger partial charge in [-0.1, -0.05) is 20.8 Å². The number of amides is 1. The van der Waals surface area contributed by atoms with Crippen LogP contribution in [0.2, 0.25) is 0 Å². The second kappa shape index (κ2) is 6.59. The van der Waals surface area contributed by atoms with Crippen LogP contribution in [0.15, 0.2) is 17.9 Å². The van der Waals surface area contributed by atoms with Gasteiger partial charge in [0.05, 0.1) is 23.0 Å². The van der Waals surface area contributed by atoms with Crippen molar-refractivity contribution in [2.24, 2.45) is 0 Å². The normalized spacial score (nSPS) is 18.7. The summed E-state index contributed by atoms with van der Waals surface area (Å²) in [6.45, 7) is 9.12. The van der Waals surface area contributed by atoms with Crippen LogP contribution in [0.25, 0.3) is 0 Å². The van der Waals surface area contributed by atoms with Crippen molar-refractivity contribution in [2.75, 3.05) is 6.54 Å². The van der Waals surface area contributed by atoms with E-state index >= 15 is 0 Å². The third-order valence-electron chi connectivity index (χ3n) is 4.48. The Morgan fingerprint density at radius 1 is 1.33 bits per heavy atom. The molecule has 128 valence electrons. The quantitative estimate of drug-likeness (QED) is 0.829. The first-order chi connectivity index (χ1) is 11.4. The van der Waals surface area contributed by atoms with Gasteiger partial charge >= 0.3 is 0 Å². The second-order valence-corrected chi connectivity index (χ2v) is 8.24. The summed E-state index contributed by atoms with van der Waals surface area (Å²) in [6.07, 6.45) is 6.24. The molecule has 0 radical (unpaired) electrons. The van der Waals surface area contributed by atoms with Gasteiger partial charge < -0.3 is 4.90 Å². The molecule has 5 nitrogen and oxygen atoms in total. The molecular formula is C18H24N4OS. The number of thiazole rings is 1. The predicted molar refractivity (Wildman–Crippen MR) is 95.2 cm³/mol. The fourth-order valence-electron chi connectivity index (χ4n) is 2.97. The lowest BCUT2D eigenvalue weighted by atomic mass is 9.93. The Morgan fingerprint density at radius 3 is 2.79 bits per heavy atom. The van der Waals surface area contributed by atoms with Crippen LogP contribution in [0.5, 0.6) is 0 Å². The number of nitrogens with zero attached hydrogens (tertiary/aromatic N) is 4. The number of hydrogen-bond donors (Lipinski definition) is 0. The van der Waals surface area contributed by atoms with E-state index < -0.39 is 0 Å². The van der Waals surface area contributed by atoms with Crippen LogP contribution in [0.1, 0.15) is 72.8 Å². The van der Waals surface area contributed by atoms with Crippen molar-refractivity contribution < 1.29 is 4.79 Å². The molecule has 0 aromatic carbocycles. The number of piperidine rings is 1. The number of carbonyl (C=O) groups excluding carboxylic acids is 1. The van der Waals surface area contributed by atoms with Gasteiger partial charge in [0, 0.05) is 23.5 Å². The third-order valence-corrected chi connectivity index (χ3v) is 5.43. The van der Waals surface area contributed by atoms with Crippen LogP contribution in [-0.4, -0.2) is 32.3 Å². The van der Waals surface area contributed by atoms with Crippen LogP contribution in [0.3, 0.4) is 0 Å². The van der Waals surface area contributed by atoms with Crippen molar-refractivity contribution in [3.05, 3.63) is 39.9 Å². The molecule has 1 amide bonds. The SMILES string of the molecule is Cc1ncncc1C(=O)N1CCCC[C@H]1c1nc(C(C)(C)C)cs1. The zero-order valence-corrected chi connectivity index (χ0v) is 15.6. The van der Waals surface area contributed by atoms with Gasteiger partial charge in [-0.15, -0.1) is 11.3 Å². The largest absolute Gasteiger partial charge is 0.329 e. The molecule has 0 unspecified atom stereocenters. The molecule has 3 heterocycles. The molecule has 0 spiro atoms. The van der Waals surface area contributed by atoms with E-state index in [9.17, 15) is 4.79 Å². The smallest absolute Gasteiger partial charge is 0.257 e. The Kier molecular flexibility index (Phi) is 4.67. The van der Waals surface area contributed by atoms with Crippen molar-refractivity contribution in [1.82, 2.24) is 19.9 Å². The van der Waals surface area contributed by atoms with Gasteiger partial charge in [-0.3, -0.25) is 4.79 Å². The van der Waals surface area contributed by atoms with Gasteiger partial charge in [0.25, 0.3) is 5.91 Å². The molecule has 1 aliphatic heterocycles. The average Bonchev–Trinajstić information content (AvgIpc) is 3.05. The molecule has 6 heteroatoms. The van der Waals surface area contributed by atoms with Gasteiger partial charge in [0.1, 0.15) is 11.3 Å². The minimum Gasteiger partial charge on any atom is -0.329 e. The molecular weight excluding hydrogens is 320 g/mol. The van der Waals surface area contributed by atoms with E-state index in [1.54, 1.807) is 17.5 Å². The lowest BCUT2D eigenvalue weighted by Gasteiger charge is -2.34. The minimum atomic E-state index is 0.0188. The first-order valence-electron chi connectivity index (χ1n) is 8.41. The van der Waals surface area contributed by atoms with E-state index in [-0.39, 0.29) is 17.4 Å². The maximum Gasteiger partial charge on any atom is 0.257 e. The molecule has 2 aromatic heterocycles. The van der Waals surface area contributed by atoms with E-state index in [0.29, 0.717) is 5.56 Å². The Morgan fingerprint density at radius 2 is 2.12 bits per heavy atom. The predicted octanol–water partition coefficient (Wildman–Crippen LogP) is 3.91. The first kappa shape index (κ1) is 17.0. The van der Waals surface area contributed by atoms with E-state index in [2.05, 4.69) is 36.1 Å². The summed E-state index contributed by atoms with van der Waals surface area (Å²) in [5.74, 6) is 0.0188. The second-order valence-electron chi connectivity index (χ2n) is 7.35. The zero-order valence-electron chi connectivity index (χ0n) is 14.7. The number of hydrogen-bond acceptors (Lipinski definition) is 5. The molecule has 1 atom stereocenters. The molecule has 1 aliphatic rings. The molecule has 1 saturated heterocycles. The molecule has 0 N–H and O–H groups in total. The Labute approximate surface area is 147 Å². The maximum atomic E-state index is 13.0. The van der Waals surface area contributed by atoms with E-state index in [0.717, 1.165) is 42.2 Å². The van der Waals surface area contributed by atoms with E-state index in [4.69, 9.17) is 4.98 Å². The summed E-state index contributed by atoms with van der Waals surface area (Å²) in [5.41, 5.74) is 2.45. The number of rotatable bonds is 2. The summed E-state index contributed by atoms with van der Waals surface area (Å²) in [4.78, 5) is 28.0. The highest BCUT2D eigenvalue weighted by molar-refractivity contribution is 7.09. The summed E-state index contributed by atoms with van der Waals surface area (Å²) < 4.78 is 0. The van der Waals surface area contributed by atoms with Crippen LogP contribution >= 0.6 is 11.3 Å². The minimum absolute atomic E-state index is 0.0188. The van der Waals surface area contributed by atoms with Crippen LogP contribution < -0.4 is 0 Å². The fourth-order valence-corrected chi connectivity index (χ4v) is 4.16. The maximum absolute atomic E-state index is 13.0. The summed E-state index contributed by atoms with van der Waals surface area (Å²) in [7, 11) is 0. The summed E-state index contributed by atoms with van der Waals surface area (Å²) in [6, 6.07) is 0.0620. The van der Waals surface area contributed by atoms with E-state index in [1.165, 1.54) is 6.33 Å². The van der Waals surface area contributed by atoms with Crippen molar-refractivity contribution in [3.8, 4) is 0 Å². The van der Waals surface area contributed by atoms with Crippen LogP contribution in [-0.2, 0) is 5.41 Å². The fraction of sp³-hybridized carbons (Fsp3) is 0.556. The van der Waals surface area contributed by atoms with Gasteiger partial charge in [-0.2, -0.15) is 0 Å². The first-order valence-corrected chi connectivity index (χ1v) is 9.29. The highest BCUT2D eigenvalue weighted by Crippen LogP contribution is 2.35. The lowest BCUT2D eigenvalue weighted by Crippen LogP contribution is -2.39. The molecule has 0 bridgehead atoms. The summed E-state index contributed by atoms with van der Waals surface area (Å²) >= 11 is 1.67. The summed E-state index contributed by atoms with van der Waals surface area (Å²) in [5, 5.41) is 3.17. The Balaban J connectivity index is 1.90. The monoisotopic (exact) mass is 344 g/mol. The molecule has 2 aromatic rings. The van der Waals surface area contributed by atoms with Crippen molar-refractivity contribution in [1.29, 1.82) is 0 Å². The molecule has 0 aliphatic carbocycles.